The molecule has 3 atom stereocenters. The topological polar surface area (TPSA) is 66.4 Å². The summed E-state index contributed by atoms with van der Waals surface area (Å²) in [4.78, 5) is 23.1. The number of thioether (sulfide) groups is 1. The van der Waals surface area contributed by atoms with E-state index >= 15 is 0 Å². The molecule has 0 aromatic rings. The molecule has 0 saturated heterocycles. The van der Waals surface area contributed by atoms with Gasteiger partial charge in [0.05, 0.1) is 0 Å². The first-order valence-corrected chi connectivity index (χ1v) is 8.06. The molecule has 2 unspecified atom stereocenters. The Hall–Kier alpha value is -0.710. The van der Waals surface area contributed by atoms with E-state index in [1.165, 1.54) is 12.8 Å². The molecular formula is C13H21NO3S. The second-order valence-corrected chi connectivity index (χ2v) is 6.30. The van der Waals surface area contributed by atoms with Crippen LogP contribution in [0, 0.1) is 17.8 Å². The van der Waals surface area contributed by atoms with Crippen LogP contribution in [0.4, 0.5) is 0 Å². The quantitative estimate of drug-likeness (QED) is 0.772. The van der Waals surface area contributed by atoms with Gasteiger partial charge < -0.3 is 10.4 Å². The van der Waals surface area contributed by atoms with Crippen molar-refractivity contribution in [1.82, 2.24) is 5.32 Å². The molecule has 0 heterocycles. The molecule has 0 spiro atoms. The number of carbonyl (C=O) groups excluding carboxylic acids is 1. The maximum atomic E-state index is 12.1. The highest BCUT2D eigenvalue weighted by atomic mass is 32.2. The average Bonchev–Trinajstić information content (AvgIpc) is 3.08. The van der Waals surface area contributed by atoms with Gasteiger partial charge in [-0.25, -0.2) is 4.79 Å². The molecule has 5 heteroatoms. The number of hydrogen-bond donors (Lipinski definition) is 2. The second kappa shape index (κ2) is 5.95. The predicted octanol–water partition coefficient (Wildman–Crippen LogP) is 1.75. The fourth-order valence-electron chi connectivity index (χ4n) is 3.14. The van der Waals surface area contributed by atoms with E-state index in [0.717, 1.165) is 18.6 Å². The summed E-state index contributed by atoms with van der Waals surface area (Å²) in [5.74, 6) is 0.988. The van der Waals surface area contributed by atoms with Crippen LogP contribution >= 0.6 is 11.8 Å². The lowest BCUT2D eigenvalue weighted by molar-refractivity contribution is -0.142. The molecule has 0 aromatic heterocycles. The van der Waals surface area contributed by atoms with Crippen LogP contribution in [-0.2, 0) is 9.59 Å². The minimum absolute atomic E-state index is 0.0274. The van der Waals surface area contributed by atoms with Gasteiger partial charge in [-0.3, -0.25) is 4.79 Å². The third-order valence-electron chi connectivity index (χ3n) is 4.18. The lowest BCUT2D eigenvalue weighted by Crippen LogP contribution is -2.42. The molecule has 4 nitrogen and oxygen atoms in total. The molecule has 18 heavy (non-hydrogen) atoms. The zero-order chi connectivity index (χ0) is 13.1. The summed E-state index contributed by atoms with van der Waals surface area (Å²) in [6.07, 6.45) is 7.18. The molecule has 2 N–H and O–H groups in total. The number of rotatable bonds is 6. The summed E-state index contributed by atoms with van der Waals surface area (Å²) in [5, 5.41) is 11.8. The van der Waals surface area contributed by atoms with Crippen LogP contribution in [0.15, 0.2) is 0 Å². The monoisotopic (exact) mass is 271 g/mol. The van der Waals surface area contributed by atoms with Gasteiger partial charge in [-0.2, -0.15) is 11.8 Å². The normalized spacial score (nSPS) is 31.3. The summed E-state index contributed by atoms with van der Waals surface area (Å²) in [6, 6.07) is -0.715. The van der Waals surface area contributed by atoms with Crippen molar-refractivity contribution in [2.75, 3.05) is 12.0 Å². The molecule has 0 bridgehead atoms. The Morgan fingerprint density at radius 1 is 1.33 bits per heavy atom. The van der Waals surface area contributed by atoms with Gasteiger partial charge in [-0.05, 0) is 43.1 Å². The minimum Gasteiger partial charge on any atom is -0.480 e. The summed E-state index contributed by atoms with van der Waals surface area (Å²) >= 11 is 1.60. The van der Waals surface area contributed by atoms with Crippen molar-refractivity contribution in [3.8, 4) is 0 Å². The Labute approximate surface area is 112 Å². The molecule has 2 rings (SSSR count). The number of fused-ring (bicyclic) bond motifs is 1. The van der Waals surface area contributed by atoms with E-state index in [2.05, 4.69) is 5.32 Å². The third kappa shape index (κ3) is 2.99. The summed E-state index contributed by atoms with van der Waals surface area (Å²) in [6.45, 7) is 0. The highest BCUT2D eigenvalue weighted by Gasteiger charge is 2.54. The molecule has 2 aliphatic carbocycles. The zero-order valence-corrected chi connectivity index (χ0v) is 11.5. The zero-order valence-electron chi connectivity index (χ0n) is 10.7. The molecule has 2 fully saturated rings. The van der Waals surface area contributed by atoms with Gasteiger partial charge in [0.2, 0.25) is 5.91 Å². The van der Waals surface area contributed by atoms with E-state index in [-0.39, 0.29) is 11.8 Å². The van der Waals surface area contributed by atoms with Gasteiger partial charge >= 0.3 is 5.97 Å². The van der Waals surface area contributed by atoms with E-state index in [1.54, 1.807) is 11.8 Å². The Balaban J connectivity index is 1.83. The Kier molecular flexibility index (Phi) is 4.54. The van der Waals surface area contributed by atoms with Gasteiger partial charge in [-0.1, -0.05) is 12.8 Å². The molecule has 2 aliphatic rings. The van der Waals surface area contributed by atoms with Crippen LogP contribution in [0.5, 0.6) is 0 Å². The number of carboxylic acid groups (broad SMARTS) is 1. The van der Waals surface area contributed by atoms with Crippen LogP contribution < -0.4 is 5.32 Å². The first-order chi connectivity index (χ1) is 8.65. The lowest BCUT2D eigenvalue weighted by Gasteiger charge is -2.13. The van der Waals surface area contributed by atoms with Crippen LogP contribution in [0.1, 0.15) is 32.1 Å². The molecule has 102 valence electrons. The van der Waals surface area contributed by atoms with Crippen molar-refractivity contribution >= 4 is 23.6 Å². The van der Waals surface area contributed by atoms with Crippen molar-refractivity contribution in [2.45, 2.75) is 38.1 Å². The average molecular weight is 271 g/mol. The van der Waals surface area contributed by atoms with Gasteiger partial charge in [0, 0.05) is 5.92 Å². The number of carboxylic acids is 1. The Morgan fingerprint density at radius 2 is 1.94 bits per heavy atom. The number of nitrogens with one attached hydrogen (secondary N) is 1. The van der Waals surface area contributed by atoms with E-state index in [4.69, 9.17) is 5.11 Å². The van der Waals surface area contributed by atoms with Gasteiger partial charge in [0.15, 0.2) is 0 Å². The smallest absolute Gasteiger partial charge is 0.326 e. The van der Waals surface area contributed by atoms with Gasteiger partial charge in [0.1, 0.15) is 6.04 Å². The van der Waals surface area contributed by atoms with Crippen LogP contribution in [0.3, 0.4) is 0 Å². The Morgan fingerprint density at radius 3 is 2.44 bits per heavy atom. The second-order valence-electron chi connectivity index (χ2n) is 5.32. The van der Waals surface area contributed by atoms with Crippen molar-refractivity contribution in [3.05, 3.63) is 0 Å². The fourth-order valence-corrected chi connectivity index (χ4v) is 3.61. The largest absolute Gasteiger partial charge is 0.480 e. The number of amides is 1. The lowest BCUT2D eigenvalue weighted by atomic mass is 10.0. The van der Waals surface area contributed by atoms with Crippen LogP contribution in [0.2, 0.25) is 0 Å². The van der Waals surface area contributed by atoms with E-state index in [9.17, 15) is 9.59 Å². The first-order valence-electron chi connectivity index (χ1n) is 6.67. The molecule has 2 saturated carbocycles. The fraction of sp³-hybridized carbons (Fsp3) is 0.846. The van der Waals surface area contributed by atoms with Crippen molar-refractivity contribution in [3.63, 3.8) is 0 Å². The SMILES string of the molecule is CSCC[C@@H](NC(=O)C1C2CCCCC21)C(=O)O. The van der Waals surface area contributed by atoms with E-state index in [0.29, 0.717) is 18.3 Å². The molecule has 0 aromatic carbocycles. The highest BCUT2D eigenvalue weighted by molar-refractivity contribution is 7.98. The third-order valence-corrected chi connectivity index (χ3v) is 4.83. The standard InChI is InChI=1S/C13H21NO3S/c1-18-7-6-10(13(16)17)14-12(15)11-8-4-2-3-5-9(8)11/h8-11H,2-7H2,1H3,(H,14,15)(H,16,17)/t8?,9?,10-,11?/m1/s1. The van der Waals surface area contributed by atoms with Crippen LogP contribution in [0.25, 0.3) is 0 Å². The van der Waals surface area contributed by atoms with Crippen molar-refractivity contribution in [2.24, 2.45) is 17.8 Å². The summed E-state index contributed by atoms with van der Waals surface area (Å²) in [5.41, 5.74) is 0. The van der Waals surface area contributed by atoms with Gasteiger partial charge in [0.25, 0.3) is 0 Å². The van der Waals surface area contributed by atoms with E-state index < -0.39 is 12.0 Å². The van der Waals surface area contributed by atoms with E-state index in [1.807, 2.05) is 6.26 Å². The minimum atomic E-state index is -0.916. The van der Waals surface area contributed by atoms with Crippen molar-refractivity contribution in [1.29, 1.82) is 0 Å². The Bertz CT molecular complexity index is 322. The molecule has 0 aliphatic heterocycles. The maximum Gasteiger partial charge on any atom is 0.326 e. The number of aliphatic carboxylic acids is 1. The first kappa shape index (κ1) is 13.7. The highest BCUT2D eigenvalue weighted by Crippen LogP contribution is 2.55. The van der Waals surface area contributed by atoms with Crippen molar-refractivity contribution < 1.29 is 14.7 Å². The molecular weight excluding hydrogens is 250 g/mol. The summed E-state index contributed by atoms with van der Waals surface area (Å²) in [7, 11) is 0. The number of hydrogen-bond acceptors (Lipinski definition) is 3. The number of carbonyl (C=O) groups is 2. The maximum absolute atomic E-state index is 12.1. The molecule has 0 radical (unpaired) electrons. The summed E-state index contributed by atoms with van der Waals surface area (Å²) < 4.78 is 0. The predicted molar refractivity (Wildman–Crippen MR) is 71.5 cm³/mol. The van der Waals surface area contributed by atoms with Gasteiger partial charge in [-0.15, -0.1) is 0 Å². The molecule has 1 amide bonds. The van der Waals surface area contributed by atoms with Crippen LogP contribution in [-0.4, -0.2) is 35.0 Å².